The Bertz CT molecular complexity index is 860. The molecule has 0 heteroatoms. The minimum Gasteiger partial charge on any atom is -0.0616 e. The lowest BCUT2D eigenvalue weighted by Crippen LogP contribution is -1.89. The van der Waals surface area contributed by atoms with Gasteiger partial charge in [-0.15, -0.1) is 0 Å². The van der Waals surface area contributed by atoms with Crippen molar-refractivity contribution in [2.45, 2.75) is 96.3 Å². The van der Waals surface area contributed by atoms with Crippen LogP contribution in [0.5, 0.6) is 0 Å². The summed E-state index contributed by atoms with van der Waals surface area (Å²) in [5, 5.41) is 5.59. The Morgan fingerprint density at radius 3 is 1.67 bits per heavy atom. The fourth-order valence-electron chi connectivity index (χ4n) is 4.76. The molecule has 0 aromatic heterocycles. The molecule has 30 heavy (non-hydrogen) atoms. The molecule has 0 bridgehead atoms. The minimum atomic E-state index is 1.11. The standard InChI is InChI=1S/C30H41/c1-2-3-4-5-6-7-8-9-10-11-12-13-14-15-19-26-21-18-23-30-28-22-17-16-20-27(28)24-25-29(26)30/h16-18,20-25H,1-15,19H2. The second-order valence-corrected chi connectivity index (χ2v) is 9.00. The second-order valence-electron chi connectivity index (χ2n) is 9.00. The Hall–Kier alpha value is -1.82. The van der Waals surface area contributed by atoms with E-state index in [0.717, 1.165) is 6.42 Å². The molecule has 0 amide bonds. The van der Waals surface area contributed by atoms with Gasteiger partial charge in [0.05, 0.1) is 0 Å². The van der Waals surface area contributed by atoms with E-state index < -0.39 is 0 Å². The van der Waals surface area contributed by atoms with Crippen molar-refractivity contribution in [1.29, 1.82) is 0 Å². The highest BCUT2D eigenvalue weighted by atomic mass is 14.1. The second kappa shape index (κ2) is 13.5. The van der Waals surface area contributed by atoms with Gasteiger partial charge >= 0.3 is 0 Å². The molecule has 3 aromatic rings. The smallest absolute Gasteiger partial charge is 0.0103 e. The lowest BCUT2D eigenvalue weighted by molar-refractivity contribution is 0.537. The lowest BCUT2D eigenvalue weighted by atomic mass is 9.95. The summed E-state index contributed by atoms with van der Waals surface area (Å²) in [5.41, 5.74) is 1.52. The summed E-state index contributed by atoms with van der Waals surface area (Å²) in [7, 11) is 0. The van der Waals surface area contributed by atoms with Crippen LogP contribution in [-0.2, 0) is 6.42 Å². The van der Waals surface area contributed by atoms with Gasteiger partial charge in [0.1, 0.15) is 0 Å². The first kappa shape index (κ1) is 22.9. The van der Waals surface area contributed by atoms with E-state index in [2.05, 4.69) is 61.5 Å². The summed E-state index contributed by atoms with van der Waals surface area (Å²) >= 11 is 0. The van der Waals surface area contributed by atoms with Crippen LogP contribution in [0.1, 0.15) is 95.5 Å². The van der Waals surface area contributed by atoms with Gasteiger partial charge in [0, 0.05) is 0 Å². The van der Waals surface area contributed by atoms with Crippen molar-refractivity contribution >= 4 is 21.5 Å². The van der Waals surface area contributed by atoms with Crippen LogP contribution in [0.25, 0.3) is 21.5 Å². The first-order valence-corrected chi connectivity index (χ1v) is 12.6. The van der Waals surface area contributed by atoms with Crippen molar-refractivity contribution in [2.24, 2.45) is 0 Å². The van der Waals surface area contributed by atoms with Crippen molar-refractivity contribution in [3.8, 4) is 0 Å². The Morgan fingerprint density at radius 1 is 0.433 bits per heavy atom. The quantitative estimate of drug-likeness (QED) is 0.175. The van der Waals surface area contributed by atoms with Crippen LogP contribution in [-0.4, -0.2) is 0 Å². The van der Waals surface area contributed by atoms with Crippen LogP contribution in [0.15, 0.2) is 54.6 Å². The normalized spacial score (nSPS) is 11.5. The average Bonchev–Trinajstić information content (AvgIpc) is 2.79. The molecule has 0 saturated heterocycles. The van der Waals surface area contributed by atoms with E-state index in [9.17, 15) is 0 Å². The molecule has 161 valence electrons. The molecule has 0 aliphatic carbocycles. The zero-order valence-electron chi connectivity index (χ0n) is 19.0. The first-order valence-electron chi connectivity index (χ1n) is 12.6. The molecule has 0 fully saturated rings. The van der Waals surface area contributed by atoms with Gasteiger partial charge < -0.3 is 0 Å². The van der Waals surface area contributed by atoms with Crippen LogP contribution in [0.3, 0.4) is 0 Å². The number of benzene rings is 3. The maximum Gasteiger partial charge on any atom is -0.0103 e. The van der Waals surface area contributed by atoms with Gasteiger partial charge in [0.15, 0.2) is 0 Å². The summed E-state index contributed by atoms with van der Waals surface area (Å²) in [6.07, 6.45) is 20.6. The van der Waals surface area contributed by atoms with Gasteiger partial charge in [-0.3, -0.25) is 0 Å². The number of unbranched alkanes of at least 4 members (excludes halogenated alkanes) is 13. The highest BCUT2D eigenvalue weighted by Gasteiger charge is 2.04. The van der Waals surface area contributed by atoms with E-state index in [1.165, 1.54) is 117 Å². The van der Waals surface area contributed by atoms with E-state index >= 15 is 0 Å². The van der Waals surface area contributed by atoms with Gasteiger partial charge in [-0.2, -0.15) is 0 Å². The molecule has 3 aromatic carbocycles. The minimum absolute atomic E-state index is 1.11. The highest BCUT2D eigenvalue weighted by Crippen LogP contribution is 2.28. The monoisotopic (exact) mass is 401 g/mol. The summed E-state index contributed by atoms with van der Waals surface area (Å²) < 4.78 is 0. The maximum absolute atomic E-state index is 3.92. The lowest BCUT2D eigenvalue weighted by Gasteiger charge is -2.09. The van der Waals surface area contributed by atoms with Crippen LogP contribution in [0.4, 0.5) is 0 Å². The highest BCUT2D eigenvalue weighted by molar-refractivity contribution is 6.08. The van der Waals surface area contributed by atoms with Crippen LogP contribution in [0.2, 0.25) is 0 Å². The molecule has 0 spiro atoms. The van der Waals surface area contributed by atoms with E-state index in [1.807, 2.05) is 0 Å². The summed E-state index contributed by atoms with van der Waals surface area (Å²) in [5.74, 6) is 0. The Morgan fingerprint density at radius 2 is 1.00 bits per heavy atom. The first-order chi connectivity index (χ1) is 14.9. The van der Waals surface area contributed by atoms with Gasteiger partial charge in [-0.25, -0.2) is 0 Å². The fraction of sp³-hybridized carbons (Fsp3) is 0.500. The van der Waals surface area contributed by atoms with E-state index in [-0.39, 0.29) is 0 Å². The van der Waals surface area contributed by atoms with E-state index in [1.54, 1.807) is 0 Å². The van der Waals surface area contributed by atoms with Crippen LogP contribution in [0, 0.1) is 6.92 Å². The van der Waals surface area contributed by atoms with Crippen molar-refractivity contribution < 1.29 is 0 Å². The molecule has 3 rings (SSSR count). The molecule has 0 atom stereocenters. The molecule has 0 N–H and O–H groups in total. The summed E-state index contributed by atoms with van der Waals surface area (Å²) in [6.45, 7) is 3.92. The number of aryl methyl sites for hydroxylation is 1. The van der Waals surface area contributed by atoms with Crippen molar-refractivity contribution in [2.75, 3.05) is 0 Å². The predicted octanol–water partition coefficient (Wildman–Crippen LogP) is 9.83. The summed E-state index contributed by atoms with van der Waals surface area (Å²) in [4.78, 5) is 0. The van der Waals surface area contributed by atoms with E-state index in [0.29, 0.717) is 0 Å². The van der Waals surface area contributed by atoms with Crippen molar-refractivity contribution in [3.63, 3.8) is 0 Å². The predicted molar refractivity (Wildman–Crippen MR) is 135 cm³/mol. The Labute approximate surface area is 185 Å². The third kappa shape index (κ3) is 7.15. The third-order valence-corrected chi connectivity index (χ3v) is 6.57. The zero-order chi connectivity index (χ0) is 20.9. The molecule has 0 nitrogen and oxygen atoms in total. The Balaban J connectivity index is 1.28. The van der Waals surface area contributed by atoms with Crippen LogP contribution >= 0.6 is 0 Å². The number of hydrogen-bond donors (Lipinski definition) is 0. The third-order valence-electron chi connectivity index (χ3n) is 6.57. The van der Waals surface area contributed by atoms with E-state index in [4.69, 9.17) is 0 Å². The topological polar surface area (TPSA) is 0 Å². The van der Waals surface area contributed by atoms with Crippen molar-refractivity contribution in [1.82, 2.24) is 0 Å². The van der Waals surface area contributed by atoms with Gasteiger partial charge in [-0.1, -0.05) is 145 Å². The van der Waals surface area contributed by atoms with Crippen LogP contribution < -0.4 is 0 Å². The number of rotatable bonds is 15. The largest absolute Gasteiger partial charge is 0.0616 e. The fourth-order valence-corrected chi connectivity index (χ4v) is 4.76. The molecular weight excluding hydrogens is 360 g/mol. The van der Waals surface area contributed by atoms with Crippen molar-refractivity contribution in [3.05, 3.63) is 67.1 Å². The zero-order valence-corrected chi connectivity index (χ0v) is 19.0. The Kier molecular flexibility index (Phi) is 10.3. The maximum atomic E-state index is 3.92. The summed E-state index contributed by atoms with van der Waals surface area (Å²) in [6, 6.07) is 20.2. The molecule has 0 aliphatic rings. The molecule has 1 radical (unpaired) electrons. The van der Waals surface area contributed by atoms with Gasteiger partial charge in [-0.05, 0) is 39.9 Å². The number of fused-ring (bicyclic) bond motifs is 3. The number of hydrogen-bond acceptors (Lipinski definition) is 0. The van der Waals surface area contributed by atoms with Gasteiger partial charge in [0.2, 0.25) is 0 Å². The molecular formula is C30H41. The molecule has 0 aliphatic heterocycles. The molecule has 0 unspecified atom stereocenters. The molecule has 0 saturated carbocycles. The SMILES string of the molecule is [CH2]CCCCCCCCCCCCCCCc1cccc2c1ccc1ccccc12. The molecule has 0 heterocycles. The van der Waals surface area contributed by atoms with Gasteiger partial charge in [0.25, 0.3) is 0 Å². The average molecular weight is 402 g/mol.